The summed E-state index contributed by atoms with van der Waals surface area (Å²) < 4.78 is 25.9. The predicted molar refractivity (Wildman–Crippen MR) is 85.9 cm³/mol. The highest BCUT2D eigenvalue weighted by Gasteiger charge is 2.51. The number of hydrogen-bond donors (Lipinski definition) is 0. The Balaban J connectivity index is 3.09. The second-order valence-electron chi connectivity index (χ2n) is 5.06. The highest BCUT2D eigenvalue weighted by molar-refractivity contribution is 9.09. The lowest BCUT2D eigenvalue weighted by atomic mass is 9.99. The van der Waals surface area contributed by atoms with Crippen LogP contribution < -0.4 is 0 Å². The summed E-state index contributed by atoms with van der Waals surface area (Å²) in [5, 5.41) is -0.896. The first-order valence-electron chi connectivity index (χ1n) is 7.18. The van der Waals surface area contributed by atoms with Gasteiger partial charge in [0.15, 0.2) is 23.3 Å². The smallest absolute Gasteiger partial charge is 0.320 e. The van der Waals surface area contributed by atoms with E-state index in [2.05, 4.69) is 15.9 Å². The van der Waals surface area contributed by atoms with Gasteiger partial charge in [-0.3, -0.25) is 19.2 Å². The summed E-state index contributed by atoms with van der Waals surface area (Å²) in [5.41, 5.74) is 0. The molecular weight excluding hydrogens is 428 g/mol. The van der Waals surface area contributed by atoms with Crippen LogP contribution >= 0.6 is 27.5 Å². The summed E-state index contributed by atoms with van der Waals surface area (Å²) in [6, 6.07) is 0. The summed E-state index contributed by atoms with van der Waals surface area (Å²) in [7, 11) is 0. The molecule has 142 valence electrons. The molecule has 0 radical (unpaired) electrons. The number of rotatable bonds is 6. The average molecular weight is 446 g/mol. The van der Waals surface area contributed by atoms with Gasteiger partial charge in [0, 0.05) is 20.8 Å². The molecule has 0 aliphatic carbocycles. The molecule has 0 saturated carbocycles. The van der Waals surface area contributed by atoms with Crippen LogP contribution in [0.25, 0.3) is 0 Å². The Kier molecular flexibility index (Phi) is 8.60. The van der Waals surface area contributed by atoms with Crippen LogP contribution in [0.15, 0.2) is 0 Å². The SMILES string of the molecule is CC(=O)O[C@@H]1[C@@H](OC(C)=O)[C@H](Br)O[C@H](COC(=O)CCl)[C@H]1OC(C)=O. The molecule has 1 rings (SSSR count). The zero-order chi connectivity index (χ0) is 19.1. The lowest BCUT2D eigenvalue weighted by Gasteiger charge is -2.42. The fourth-order valence-corrected chi connectivity index (χ4v) is 2.95. The van der Waals surface area contributed by atoms with Crippen LogP contribution in [-0.2, 0) is 42.9 Å². The number of ether oxygens (including phenoxy) is 5. The maximum atomic E-state index is 11.4. The van der Waals surface area contributed by atoms with Gasteiger partial charge in [-0.05, 0) is 0 Å². The number of halogens is 2. The molecule has 0 bridgehead atoms. The molecule has 1 saturated heterocycles. The second-order valence-corrected chi connectivity index (χ2v) is 6.23. The van der Waals surface area contributed by atoms with Crippen LogP contribution in [0, 0.1) is 0 Å². The predicted octanol–water partition coefficient (Wildman–Crippen LogP) is 0.683. The van der Waals surface area contributed by atoms with Gasteiger partial charge in [-0.1, -0.05) is 15.9 Å². The highest BCUT2D eigenvalue weighted by atomic mass is 79.9. The van der Waals surface area contributed by atoms with Crippen molar-refractivity contribution in [3.63, 3.8) is 0 Å². The van der Waals surface area contributed by atoms with Crippen LogP contribution in [0.3, 0.4) is 0 Å². The molecule has 0 spiro atoms. The first-order valence-corrected chi connectivity index (χ1v) is 8.63. The quantitative estimate of drug-likeness (QED) is 0.331. The molecule has 1 heterocycles. The number of alkyl halides is 2. The van der Waals surface area contributed by atoms with E-state index in [9.17, 15) is 19.2 Å². The minimum atomic E-state index is -1.16. The van der Waals surface area contributed by atoms with E-state index in [1.54, 1.807) is 0 Å². The van der Waals surface area contributed by atoms with E-state index in [4.69, 9.17) is 35.3 Å². The van der Waals surface area contributed by atoms with Crippen molar-refractivity contribution in [1.82, 2.24) is 0 Å². The van der Waals surface area contributed by atoms with Crippen molar-refractivity contribution in [2.75, 3.05) is 12.5 Å². The Hall–Kier alpha value is -1.39. The standard InChI is InChI=1S/C14H18BrClO9/c1-6(17)22-11-9(5-21-10(20)4-16)25-14(15)13(24-8(3)19)12(11)23-7(2)18/h9,11-14H,4-5H2,1-3H3/t9-,11-,12+,13-,14-/m1/s1. The third-order valence-electron chi connectivity index (χ3n) is 3.00. The van der Waals surface area contributed by atoms with Crippen molar-refractivity contribution < 1.29 is 42.9 Å². The van der Waals surface area contributed by atoms with Gasteiger partial charge in [0.05, 0.1) is 0 Å². The minimum absolute atomic E-state index is 0.309. The van der Waals surface area contributed by atoms with Crippen LogP contribution in [0.5, 0.6) is 0 Å². The van der Waals surface area contributed by atoms with Crippen molar-refractivity contribution in [1.29, 1.82) is 0 Å². The van der Waals surface area contributed by atoms with E-state index in [0.29, 0.717) is 0 Å². The molecule has 5 atom stereocenters. The maximum Gasteiger partial charge on any atom is 0.320 e. The molecule has 25 heavy (non-hydrogen) atoms. The van der Waals surface area contributed by atoms with E-state index in [1.807, 2.05) is 0 Å². The zero-order valence-electron chi connectivity index (χ0n) is 13.7. The minimum Gasteiger partial charge on any atom is -0.462 e. The Morgan fingerprint density at radius 2 is 1.40 bits per heavy atom. The van der Waals surface area contributed by atoms with Crippen molar-refractivity contribution in [3.05, 3.63) is 0 Å². The number of esters is 4. The Morgan fingerprint density at radius 1 is 0.920 bits per heavy atom. The summed E-state index contributed by atoms with van der Waals surface area (Å²) in [6.45, 7) is 3.15. The van der Waals surface area contributed by atoms with Crippen LogP contribution in [0.2, 0.25) is 0 Å². The van der Waals surface area contributed by atoms with Crippen molar-refractivity contribution >= 4 is 51.4 Å². The van der Waals surface area contributed by atoms with E-state index < -0.39 is 53.3 Å². The van der Waals surface area contributed by atoms with E-state index in [1.165, 1.54) is 6.92 Å². The summed E-state index contributed by atoms with van der Waals surface area (Å²) in [6.07, 6.45) is -4.38. The van der Waals surface area contributed by atoms with Gasteiger partial charge in [-0.2, -0.15) is 0 Å². The molecule has 0 amide bonds. The normalized spacial score (nSPS) is 28.6. The topological polar surface area (TPSA) is 114 Å². The molecule has 9 nitrogen and oxygen atoms in total. The molecule has 1 aliphatic rings. The summed E-state index contributed by atoms with van der Waals surface area (Å²) in [5.74, 6) is -3.09. The third-order valence-corrected chi connectivity index (χ3v) is 3.96. The summed E-state index contributed by atoms with van der Waals surface area (Å²) >= 11 is 8.53. The Labute approximate surface area is 157 Å². The molecule has 0 N–H and O–H groups in total. The van der Waals surface area contributed by atoms with Crippen LogP contribution in [0.4, 0.5) is 0 Å². The molecule has 1 fully saturated rings. The van der Waals surface area contributed by atoms with Gasteiger partial charge >= 0.3 is 23.9 Å². The Bertz CT molecular complexity index is 526. The lowest BCUT2D eigenvalue weighted by Crippen LogP contribution is -2.61. The molecule has 0 unspecified atom stereocenters. The zero-order valence-corrected chi connectivity index (χ0v) is 16.1. The lowest BCUT2D eigenvalue weighted by molar-refractivity contribution is -0.236. The second kappa shape index (κ2) is 9.93. The average Bonchev–Trinajstić information content (AvgIpc) is 2.50. The van der Waals surface area contributed by atoms with Gasteiger partial charge in [-0.15, -0.1) is 11.6 Å². The number of hydrogen-bond acceptors (Lipinski definition) is 9. The molecule has 11 heteroatoms. The largest absolute Gasteiger partial charge is 0.462 e. The monoisotopic (exact) mass is 444 g/mol. The molecule has 0 aromatic rings. The molecule has 1 aliphatic heterocycles. The van der Waals surface area contributed by atoms with E-state index >= 15 is 0 Å². The van der Waals surface area contributed by atoms with E-state index in [0.717, 1.165) is 13.8 Å². The number of carbonyl (C=O) groups is 4. The fraction of sp³-hybridized carbons (Fsp3) is 0.714. The van der Waals surface area contributed by atoms with Crippen molar-refractivity contribution in [2.24, 2.45) is 0 Å². The van der Waals surface area contributed by atoms with Gasteiger partial charge in [-0.25, -0.2) is 0 Å². The van der Waals surface area contributed by atoms with Gasteiger partial charge in [0.2, 0.25) is 0 Å². The van der Waals surface area contributed by atoms with Crippen LogP contribution in [0.1, 0.15) is 20.8 Å². The first-order chi connectivity index (χ1) is 11.6. The van der Waals surface area contributed by atoms with Crippen LogP contribution in [-0.4, -0.2) is 65.8 Å². The first kappa shape index (κ1) is 21.7. The van der Waals surface area contributed by atoms with Gasteiger partial charge in [0.25, 0.3) is 0 Å². The van der Waals surface area contributed by atoms with E-state index in [-0.39, 0.29) is 12.5 Å². The fourth-order valence-electron chi connectivity index (χ4n) is 2.19. The van der Waals surface area contributed by atoms with Crippen molar-refractivity contribution in [3.8, 4) is 0 Å². The Morgan fingerprint density at radius 3 is 1.88 bits per heavy atom. The maximum absolute atomic E-state index is 11.4. The van der Waals surface area contributed by atoms with Gasteiger partial charge in [0.1, 0.15) is 18.6 Å². The highest BCUT2D eigenvalue weighted by Crippen LogP contribution is 2.31. The third kappa shape index (κ3) is 6.79. The van der Waals surface area contributed by atoms with Crippen molar-refractivity contribution in [2.45, 2.75) is 50.2 Å². The molecule has 0 aromatic carbocycles. The van der Waals surface area contributed by atoms with Gasteiger partial charge < -0.3 is 23.7 Å². The summed E-state index contributed by atoms with van der Waals surface area (Å²) in [4.78, 5) is 45.4. The molecule has 0 aromatic heterocycles. The molecular formula is C14H18BrClO9. The number of carbonyl (C=O) groups excluding carboxylic acids is 4.